The van der Waals surface area contributed by atoms with Crippen LogP contribution in [0.5, 0.6) is 5.75 Å². The molecule has 0 radical (unpaired) electrons. The number of ether oxygens (including phenoxy) is 1. The second-order valence-corrected chi connectivity index (χ2v) is 6.50. The van der Waals surface area contributed by atoms with Crippen molar-refractivity contribution < 1.29 is 13.5 Å². The number of hydrogen-bond acceptors (Lipinski definition) is 5. The van der Waals surface area contributed by atoms with Crippen LogP contribution in [0.15, 0.2) is 12.1 Å². The molecule has 0 unspecified atom stereocenters. The summed E-state index contributed by atoms with van der Waals surface area (Å²) in [5, 5.41) is 3.17. The molecule has 0 saturated carbocycles. The van der Waals surface area contributed by atoms with Gasteiger partial charge in [-0.3, -0.25) is 4.90 Å². The lowest BCUT2D eigenvalue weighted by atomic mass is 10.1. The van der Waals surface area contributed by atoms with E-state index >= 15 is 0 Å². The zero-order valence-corrected chi connectivity index (χ0v) is 13.9. The fraction of sp³-hybridized carbons (Fsp3) is 0.647. The Hall–Kier alpha value is -1.44. The van der Waals surface area contributed by atoms with Gasteiger partial charge in [0.2, 0.25) is 0 Å². The Morgan fingerprint density at radius 3 is 2.33 bits per heavy atom. The van der Waals surface area contributed by atoms with Gasteiger partial charge >= 0.3 is 0 Å². The van der Waals surface area contributed by atoms with Crippen molar-refractivity contribution in [3.05, 3.63) is 23.8 Å². The highest BCUT2D eigenvalue weighted by Crippen LogP contribution is 2.28. The van der Waals surface area contributed by atoms with Gasteiger partial charge in [0.25, 0.3) is 0 Å². The van der Waals surface area contributed by atoms with Crippen LogP contribution in [0.25, 0.3) is 0 Å². The van der Waals surface area contributed by atoms with E-state index in [4.69, 9.17) is 10.5 Å². The van der Waals surface area contributed by atoms with E-state index in [-0.39, 0.29) is 11.4 Å². The molecule has 0 aromatic heterocycles. The molecule has 0 bridgehead atoms. The number of piperazine rings is 1. The number of nitrogens with one attached hydrogen (secondary N) is 1. The lowest BCUT2D eigenvalue weighted by Gasteiger charge is -2.30. The molecule has 0 spiro atoms. The second-order valence-electron chi connectivity index (χ2n) is 6.50. The molecule has 2 saturated heterocycles. The van der Waals surface area contributed by atoms with Crippen molar-refractivity contribution in [3.8, 4) is 5.75 Å². The number of rotatable bonds is 5. The normalized spacial score (nSPS) is 20.4. The van der Waals surface area contributed by atoms with Gasteiger partial charge in [-0.15, -0.1) is 0 Å². The first-order chi connectivity index (χ1) is 11.6. The standard InChI is InChI=1S/C17H26F2N4O/c18-15-11-14(24-10-9-22-5-1-13(20)2-6-22)12-16(19)17(15)23-7-3-21-4-8-23/h11-13,21H,1-10,20H2. The Bertz CT molecular complexity index is 520. The molecule has 3 N–H and O–H groups in total. The van der Waals surface area contributed by atoms with Gasteiger partial charge in [0, 0.05) is 50.9 Å². The van der Waals surface area contributed by atoms with Crippen molar-refractivity contribution in [1.82, 2.24) is 10.2 Å². The van der Waals surface area contributed by atoms with Gasteiger partial charge in [-0.1, -0.05) is 0 Å². The van der Waals surface area contributed by atoms with E-state index in [2.05, 4.69) is 10.2 Å². The van der Waals surface area contributed by atoms with Crippen LogP contribution in [0, 0.1) is 11.6 Å². The fourth-order valence-corrected chi connectivity index (χ4v) is 3.29. The lowest BCUT2D eigenvalue weighted by Crippen LogP contribution is -2.44. The SMILES string of the molecule is NC1CCN(CCOc2cc(F)c(N3CCNCC3)c(F)c2)CC1. The molecule has 2 heterocycles. The van der Waals surface area contributed by atoms with E-state index < -0.39 is 11.6 Å². The highest BCUT2D eigenvalue weighted by Gasteiger charge is 2.20. The highest BCUT2D eigenvalue weighted by atomic mass is 19.1. The summed E-state index contributed by atoms with van der Waals surface area (Å²) in [7, 11) is 0. The number of nitrogens with zero attached hydrogens (tertiary/aromatic N) is 2. The van der Waals surface area contributed by atoms with Gasteiger partial charge in [0.05, 0.1) is 0 Å². The van der Waals surface area contributed by atoms with Crippen LogP contribution in [0.2, 0.25) is 0 Å². The monoisotopic (exact) mass is 340 g/mol. The van der Waals surface area contributed by atoms with Crippen molar-refractivity contribution >= 4 is 5.69 Å². The number of anilines is 1. The third-order valence-electron chi connectivity index (χ3n) is 4.73. The van der Waals surface area contributed by atoms with Gasteiger partial charge in [-0.2, -0.15) is 0 Å². The smallest absolute Gasteiger partial charge is 0.153 e. The predicted octanol–water partition coefficient (Wildman–Crippen LogP) is 1.18. The lowest BCUT2D eigenvalue weighted by molar-refractivity contribution is 0.173. The van der Waals surface area contributed by atoms with Crippen molar-refractivity contribution in [1.29, 1.82) is 0 Å². The summed E-state index contributed by atoms with van der Waals surface area (Å²) in [6, 6.07) is 2.86. The van der Waals surface area contributed by atoms with E-state index in [1.807, 2.05) is 0 Å². The van der Waals surface area contributed by atoms with E-state index in [0.29, 0.717) is 25.7 Å². The van der Waals surface area contributed by atoms with Crippen LogP contribution in [0.3, 0.4) is 0 Å². The van der Waals surface area contributed by atoms with Crippen LogP contribution in [0.1, 0.15) is 12.8 Å². The average Bonchev–Trinajstić information content (AvgIpc) is 2.57. The number of likely N-dealkylation sites (tertiary alicyclic amines) is 1. The Morgan fingerprint density at radius 2 is 1.71 bits per heavy atom. The zero-order valence-electron chi connectivity index (χ0n) is 13.9. The van der Waals surface area contributed by atoms with Crippen LogP contribution in [-0.2, 0) is 0 Å². The van der Waals surface area contributed by atoms with Gasteiger partial charge < -0.3 is 20.7 Å². The minimum atomic E-state index is -0.559. The van der Waals surface area contributed by atoms with Gasteiger partial charge in [-0.05, 0) is 25.9 Å². The van der Waals surface area contributed by atoms with Crippen LogP contribution >= 0.6 is 0 Å². The summed E-state index contributed by atoms with van der Waals surface area (Å²) in [6.07, 6.45) is 1.98. The number of piperidine rings is 1. The summed E-state index contributed by atoms with van der Waals surface area (Å²) in [5.74, 6) is -0.871. The van der Waals surface area contributed by atoms with E-state index in [1.54, 1.807) is 4.90 Å². The highest BCUT2D eigenvalue weighted by molar-refractivity contribution is 5.52. The summed E-state index contributed by atoms with van der Waals surface area (Å²) < 4.78 is 34.2. The van der Waals surface area contributed by atoms with Crippen molar-refractivity contribution in [2.24, 2.45) is 5.73 Å². The van der Waals surface area contributed by atoms with Crippen molar-refractivity contribution in [2.75, 3.05) is 57.3 Å². The molecule has 2 aliphatic heterocycles. The minimum Gasteiger partial charge on any atom is -0.492 e. The van der Waals surface area contributed by atoms with Gasteiger partial charge in [0.1, 0.15) is 18.0 Å². The van der Waals surface area contributed by atoms with Gasteiger partial charge in [-0.25, -0.2) is 8.78 Å². The molecule has 134 valence electrons. The molecule has 0 atom stereocenters. The molecule has 0 amide bonds. The summed E-state index contributed by atoms with van der Waals surface area (Å²) in [5.41, 5.74) is 5.93. The number of halogens is 2. The molecule has 2 aliphatic rings. The molecule has 0 aliphatic carbocycles. The third-order valence-corrected chi connectivity index (χ3v) is 4.73. The van der Waals surface area contributed by atoms with Crippen LogP contribution < -0.4 is 20.7 Å². The largest absolute Gasteiger partial charge is 0.492 e. The molecular formula is C17H26F2N4O. The Morgan fingerprint density at radius 1 is 1.08 bits per heavy atom. The molecule has 1 aromatic rings. The van der Waals surface area contributed by atoms with Crippen molar-refractivity contribution in [3.63, 3.8) is 0 Å². The molecular weight excluding hydrogens is 314 g/mol. The summed E-state index contributed by atoms with van der Waals surface area (Å²) >= 11 is 0. The number of benzene rings is 1. The van der Waals surface area contributed by atoms with Crippen LogP contribution in [0.4, 0.5) is 14.5 Å². The van der Waals surface area contributed by atoms with Gasteiger partial charge in [0.15, 0.2) is 11.6 Å². The Balaban J connectivity index is 1.54. The summed E-state index contributed by atoms with van der Waals surface area (Å²) in [4.78, 5) is 4.01. The molecule has 1 aromatic carbocycles. The van der Waals surface area contributed by atoms with Crippen LogP contribution in [-0.4, -0.2) is 63.4 Å². The fourth-order valence-electron chi connectivity index (χ4n) is 3.29. The van der Waals surface area contributed by atoms with E-state index in [0.717, 1.165) is 45.6 Å². The zero-order chi connectivity index (χ0) is 16.9. The Kier molecular flexibility index (Phi) is 5.86. The topological polar surface area (TPSA) is 53.8 Å². The number of hydrogen-bond donors (Lipinski definition) is 2. The quantitative estimate of drug-likeness (QED) is 0.843. The number of nitrogens with two attached hydrogens (primary N) is 1. The minimum absolute atomic E-state index is 0.0499. The Labute approximate surface area is 141 Å². The van der Waals surface area contributed by atoms with Crippen molar-refractivity contribution in [2.45, 2.75) is 18.9 Å². The maximum Gasteiger partial charge on any atom is 0.153 e. The third kappa shape index (κ3) is 4.34. The summed E-state index contributed by atoms with van der Waals surface area (Å²) in [6.45, 7) is 5.74. The molecule has 5 nitrogen and oxygen atoms in total. The first kappa shape index (κ1) is 17.4. The predicted molar refractivity (Wildman–Crippen MR) is 90.6 cm³/mol. The van der Waals surface area contributed by atoms with E-state index in [1.165, 1.54) is 12.1 Å². The molecule has 3 rings (SSSR count). The average molecular weight is 340 g/mol. The first-order valence-electron chi connectivity index (χ1n) is 8.69. The molecule has 7 heteroatoms. The van der Waals surface area contributed by atoms with E-state index in [9.17, 15) is 8.78 Å². The maximum absolute atomic E-state index is 14.3. The molecule has 2 fully saturated rings. The second kappa shape index (κ2) is 8.09. The first-order valence-corrected chi connectivity index (χ1v) is 8.69. The maximum atomic E-state index is 14.3. The molecule has 24 heavy (non-hydrogen) atoms.